The van der Waals surface area contributed by atoms with Crippen molar-refractivity contribution in [1.82, 2.24) is 4.98 Å². The molecule has 0 aliphatic heterocycles. The van der Waals surface area contributed by atoms with Gasteiger partial charge in [0.2, 0.25) is 0 Å². The molecule has 0 aliphatic rings. The van der Waals surface area contributed by atoms with E-state index in [1.807, 2.05) is 38.1 Å². The highest BCUT2D eigenvalue weighted by Gasteiger charge is 2.03. The molecule has 0 saturated carbocycles. The monoisotopic (exact) mass is 217 g/mol. The summed E-state index contributed by atoms with van der Waals surface area (Å²) in [5, 5.41) is 2.04. The van der Waals surface area contributed by atoms with E-state index in [1.165, 1.54) is 0 Å². The second-order valence-corrected chi connectivity index (χ2v) is 3.85. The van der Waals surface area contributed by atoms with Gasteiger partial charge in [-0.05, 0) is 43.5 Å². The number of ether oxygens (including phenoxy) is 1. The maximum Gasteiger partial charge on any atom is 0.147 e. The first kappa shape index (κ1) is 10.7. The van der Waals surface area contributed by atoms with Crippen molar-refractivity contribution in [3.05, 3.63) is 30.5 Å². The Bertz CT molecular complexity index is 497. The SMILES string of the molecule is CC(C)Oc1ccc2c(NN)nccc2c1. The van der Waals surface area contributed by atoms with Gasteiger partial charge in [0.1, 0.15) is 11.6 Å². The Labute approximate surface area is 94.4 Å². The molecule has 1 aromatic carbocycles. The van der Waals surface area contributed by atoms with Crippen LogP contribution in [-0.2, 0) is 0 Å². The van der Waals surface area contributed by atoms with Crippen LogP contribution in [0.3, 0.4) is 0 Å². The number of pyridine rings is 1. The summed E-state index contributed by atoms with van der Waals surface area (Å²) in [5.74, 6) is 6.92. The van der Waals surface area contributed by atoms with Gasteiger partial charge in [-0.15, -0.1) is 0 Å². The van der Waals surface area contributed by atoms with E-state index >= 15 is 0 Å². The number of hydrazine groups is 1. The number of nitrogens with one attached hydrogen (secondary N) is 1. The lowest BCUT2D eigenvalue weighted by molar-refractivity contribution is 0.243. The fraction of sp³-hybridized carbons (Fsp3) is 0.250. The highest BCUT2D eigenvalue weighted by Crippen LogP contribution is 2.25. The number of hydrogen-bond acceptors (Lipinski definition) is 4. The van der Waals surface area contributed by atoms with Gasteiger partial charge in [-0.3, -0.25) is 0 Å². The summed E-state index contributed by atoms with van der Waals surface area (Å²) in [5.41, 5.74) is 2.58. The van der Waals surface area contributed by atoms with Gasteiger partial charge in [-0.1, -0.05) is 0 Å². The van der Waals surface area contributed by atoms with Gasteiger partial charge in [0.15, 0.2) is 0 Å². The van der Waals surface area contributed by atoms with E-state index < -0.39 is 0 Å². The molecule has 0 radical (unpaired) electrons. The lowest BCUT2D eigenvalue weighted by atomic mass is 10.1. The highest BCUT2D eigenvalue weighted by atomic mass is 16.5. The fourth-order valence-electron chi connectivity index (χ4n) is 1.62. The normalized spacial score (nSPS) is 10.8. The van der Waals surface area contributed by atoms with Crippen molar-refractivity contribution in [2.24, 2.45) is 5.84 Å². The predicted molar refractivity (Wildman–Crippen MR) is 65.3 cm³/mol. The van der Waals surface area contributed by atoms with Crippen LogP contribution in [0.5, 0.6) is 5.75 Å². The van der Waals surface area contributed by atoms with Gasteiger partial charge in [0.05, 0.1) is 6.10 Å². The standard InChI is InChI=1S/C12H15N3O/c1-8(2)16-10-3-4-11-9(7-10)5-6-14-12(11)15-13/h3-8H,13H2,1-2H3,(H,14,15). The first-order chi connectivity index (χ1) is 7.70. The molecule has 4 nitrogen and oxygen atoms in total. The number of nitrogens with zero attached hydrogens (tertiary/aromatic N) is 1. The molecule has 4 heteroatoms. The Morgan fingerprint density at radius 3 is 2.81 bits per heavy atom. The Balaban J connectivity index is 2.47. The molecule has 2 rings (SSSR count). The van der Waals surface area contributed by atoms with E-state index in [4.69, 9.17) is 10.6 Å². The van der Waals surface area contributed by atoms with Crippen LogP contribution in [0.4, 0.5) is 5.82 Å². The van der Waals surface area contributed by atoms with Crippen molar-refractivity contribution in [2.75, 3.05) is 5.43 Å². The maximum atomic E-state index is 5.62. The molecular weight excluding hydrogens is 202 g/mol. The third-order valence-corrected chi connectivity index (χ3v) is 2.24. The third kappa shape index (κ3) is 2.06. The van der Waals surface area contributed by atoms with Crippen LogP contribution in [0.2, 0.25) is 0 Å². The van der Waals surface area contributed by atoms with Crippen molar-refractivity contribution in [2.45, 2.75) is 20.0 Å². The summed E-state index contributed by atoms with van der Waals surface area (Å²) in [4.78, 5) is 4.14. The lowest BCUT2D eigenvalue weighted by Gasteiger charge is -2.11. The first-order valence-electron chi connectivity index (χ1n) is 5.23. The van der Waals surface area contributed by atoms with E-state index in [0.29, 0.717) is 5.82 Å². The third-order valence-electron chi connectivity index (χ3n) is 2.24. The Kier molecular flexibility index (Phi) is 2.92. The van der Waals surface area contributed by atoms with Gasteiger partial charge in [-0.2, -0.15) is 0 Å². The minimum absolute atomic E-state index is 0.173. The zero-order valence-corrected chi connectivity index (χ0v) is 9.40. The van der Waals surface area contributed by atoms with E-state index in [0.717, 1.165) is 16.5 Å². The molecule has 0 bridgehead atoms. The number of fused-ring (bicyclic) bond motifs is 1. The minimum Gasteiger partial charge on any atom is -0.491 e. The average Bonchev–Trinajstić information content (AvgIpc) is 2.27. The Morgan fingerprint density at radius 1 is 1.31 bits per heavy atom. The lowest BCUT2D eigenvalue weighted by Crippen LogP contribution is -2.09. The molecule has 3 N–H and O–H groups in total. The molecule has 0 fully saturated rings. The molecule has 0 atom stereocenters. The van der Waals surface area contributed by atoms with Gasteiger partial charge < -0.3 is 10.2 Å². The molecule has 0 unspecified atom stereocenters. The van der Waals surface area contributed by atoms with Crippen LogP contribution >= 0.6 is 0 Å². The van der Waals surface area contributed by atoms with Gasteiger partial charge in [0, 0.05) is 11.6 Å². The second-order valence-electron chi connectivity index (χ2n) is 3.85. The summed E-state index contributed by atoms with van der Waals surface area (Å²) < 4.78 is 5.62. The van der Waals surface area contributed by atoms with Crippen LogP contribution in [0, 0.1) is 0 Å². The molecule has 84 valence electrons. The van der Waals surface area contributed by atoms with Crippen LogP contribution in [-0.4, -0.2) is 11.1 Å². The van der Waals surface area contributed by atoms with Crippen molar-refractivity contribution in [3.8, 4) is 5.75 Å². The van der Waals surface area contributed by atoms with E-state index in [2.05, 4.69) is 10.4 Å². The van der Waals surface area contributed by atoms with Gasteiger partial charge >= 0.3 is 0 Å². The van der Waals surface area contributed by atoms with Crippen molar-refractivity contribution < 1.29 is 4.74 Å². The highest BCUT2D eigenvalue weighted by molar-refractivity contribution is 5.92. The number of rotatable bonds is 3. The molecule has 2 aromatic rings. The molecular formula is C12H15N3O. The van der Waals surface area contributed by atoms with Crippen LogP contribution in [0.1, 0.15) is 13.8 Å². The average molecular weight is 217 g/mol. The zero-order valence-electron chi connectivity index (χ0n) is 9.40. The maximum absolute atomic E-state index is 5.62. The topological polar surface area (TPSA) is 60.2 Å². The van der Waals surface area contributed by atoms with E-state index in [-0.39, 0.29) is 6.10 Å². The molecule has 0 aliphatic carbocycles. The van der Waals surface area contributed by atoms with Crippen LogP contribution in [0.15, 0.2) is 30.5 Å². The summed E-state index contributed by atoms with van der Waals surface area (Å²) in [6.07, 6.45) is 1.89. The summed E-state index contributed by atoms with van der Waals surface area (Å²) in [7, 11) is 0. The summed E-state index contributed by atoms with van der Waals surface area (Å²) in [6.45, 7) is 4.01. The Morgan fingerprint density at radius 2 is 2.12 bits per heavy atom. The number of nitrogens with two attached hydrogens (primary N) is 1. The fourth-order valence-corrected chi connectivity index (χ4v) is 1.62. The first-order valence-corrected chi connectivity index (χ1v) is 5.23. The number of nitrogen functional groups attached to an aromatic ring is 1. The largest absolute Gasteiger partial charge is 0.491 e. The molecule has 0 amide bonds. The molecule has 1 heterocycles. The van der Waals surface area contributed by atoms with Crippen molar-refractivity contribution in [3.63, 3.8) is 0 Å². The number of hydrogen-bond donors (Lipinski definition) is 2. The summed E-state index contributed by atoms with van der Waals surface area (Å²) >= 11 is 0. The molecule has 1 aromatic heterocycles. The van der Waals surface area contributed by atoms with Crippen LogP contribution < -0.4 is 16.0 Å². The second kappa shape index (κ2) is 4.37. The Hall–Kier alpha value is -1.81. The van der Waals surface area contributed by atoms with Gasteiger partial charge in [-0.25, -0.2) is 10.8 Å². The summed E-state index contributed by atoms with van der Waals surface area (Å²) in [6, 6.07) is 7.79. The zero-order chi connectivity index (χ0) is 11.5. The molecule has 0 spiro atoms. The smallest absolute Gasteiger partial charge is 0.147 e. The minimum atomic E-state index is 0.173. The molecule has 16 heavy (non-hydrogen) atoms. The van der Waals surface area contributed by atoms with Crippen molar-refractivity contribution in [1.29, 1.82) is 0 Å². The predicted octanol–water partition coefficient (Wildman–Crippen LogP) is 2.31. The quantitative estimate of drug-likeness (QED) is 0.611. The number of anilines is 1. The van der Waals surface area contributed by atoms with Crippen molar-refractivity contribution >= 4 is 16.6 Å². The van der Waals surface area contributed by atoms with Crippen LogP contribution in [0.25, 0.3) is 10.8 Å². The molecule has 0 saturated heterocycles. The number of benzene rings is 1. The number of aromatic nitrogens is 1. The van der Waals surface area contributed by atoms with E-state index in [1.54, 1.807) is 6.20 Å². The van der Waals surface area contributed by atoms with Gasteiger partial charge in [0.25, 0.3) is 0 Å². The van der Waals surface area contributed by atoms with E-state index in [9.17, 15) is 0 Å².